The first-order valence-electron chi connectivity index (χ1n) is 12.3. The highest BCUT2D eigenvalue weighted by molar-refractivity contribution is 8.00. The fraction of sp³-hybridized carbons (Fsp3) is 0.483. The van der Waals surface area contributed by atoms with Gasteiger partial charge in [-0.2, -0.15) is 0 Å². The standard InChI is InChI=1S/C29H36ClNO2S/c1-19(2)21-10-13-24-23(16-21)26(34-28(3,4)5)25(17-29(27(32)33)14-6-7-15-29)31(24)18-20-8-11-22(30)12-9-20/h8-13,16,19H,6-7,14-15,17-18H2,1-5H3,(H,32,33). The highest BCUT2D eigenvalue weighted by atomic mass is 35.5. The van der Waals surface area contributed by atoms with Crippen LogP contribution in [-0.2, 0) is 17.8 Å². The number of aliphatic carboxylic acids is 1. The molecule has 1 N–H and O–H groups in total. The second-order valence-electron chi connectivity index (χ2n) is 11.1. The van der Waals surface area contributed by atoms with Gasteiger partial charge in [-0.05, 0) is 54.2 Å². The van der Waals surface area contributed by atoms with Crippen LogP contribution in [0.2, 0.25) is 5.02 Å². The van der Waals surface area contributed by atoms with Crippen LogP contribution in [0.25, 0.3) is 10.9 Å². The molecule has 0 radical (unpaired) electrons. The lowest BCUT2D eigenvalue weighted by Crippen LogP contribution is -2.31. The zero-order valence-electron chi connectivity index (χ0n) is 21.0. The molecule has 1 fully saturated rings. The number of hydrogen-bond donors (Lipinski definition) is 1. The van der Waals surface area contributed by atoms with E-state index in [0.29, 0.717) is 18.9 Å². The molecule has 1 saturated carbocycles. The number of halogens is 1. The van der Waals surface area contributed by atoms with Crippen molar-refractivity contribution in [3.05, 3.63) is 64.3 Å². The van der Waals surface area contributed by atoms with Gasteiger partial charge in [0.2, 0.25) is 0 Å². The third-order valence-corrected chi connectivity index (χ3v) is 8.52. The number of carboxylic acid groups (broad SMARTS) is 1. The van der Waals surface area contributed by atoms with E-state index < -0.39 is 11.4 Å². The number of nitrogens with zero attached hydrogens (tertiary/aromatic N) is 1. The highest BCUT2D eigenvalue weighted by Crippen LogP contribution is 2.47. The van der Waals surface area contributed by atoms with Crippen LogP contribution < -0.4 is 0 Å². The van der Waals surface area contributed by atoms with E-state index >= 15 is 0 Å². The van der Waals surface area contributed by atoms with Crippen molar-refractivity contribution in [2.24, 2.45) is 5.41 Å². The van der Waals surface area contributed by atoms with E-state index in [9.17, 15) is 9.90 Å². The number of thioether (sulfide) groups is 1. The first-order valence-corrected chi connectivity index (χ1v) is 13.5. The van der Waals surface area contributed by atoms with Crippen LogP contribution in [-0.4, -0.2) is 20.4 Å². The fourth-order valence-corrected chi connectivity index (χ4v) is 6.45. The molecule has 1 aromatic heterocycles. The van der Waals surface area contributed by atoms with Crippen molar-refractivity contribution >= 4 is 40.2 Å². The molecule has 0 amide bonds. The van der Waals surface area contributed by atoms with Gasteiger partial charge in [0.05, 0.1) is 5.41 Å². The minimum atomic E-state index is -0.680. The lowest BCUT2D eigenvalue weighted by molar-refractivity contribution is -0.148. The normalized spacial score (nSPS) is 16.0. The quantitative estimate of drug-likeness (QED) is 0.332. The predicted molar refractivity (Wildman–Crippen MR) is 144 cm³/mol. The van der Waals surface area contributed by atoms with E-state index in [4.69, 9.17) is 11.6 Å². The van der Waals surface area contributed by atoms with E-state index in [1.54, 1.807) is 0 Å². The van der Waals surface area contributed by atoms with Crippen molar-refractivity contribution in [1.29, 1.82) is 0 Å². The van der Waals surface area contributed by atoms with Gasteiger partial charge in [0, 0.05) is 44.2 Å². The molecule has 4 rings (SSSR count). The predicted octanol–water partition coefficient (Wildman–Crippen LogP) is 8.54. The Morgan fingerprint density at radius 2 is 1.76 bits per heavy atom. The van der Waals surface area contributed by atoms with Gasteiger partial charge in [0.25, 0.3) is 0 Å². The van der Waals surface area contributed by atoms with Crippen LogP contribution in [0.5, 0.6) is 0 Å². The summed E-state index contributed by atoms with van der Waals surface area (Å²) in [5, 5.41) is 12.3. The lowest BCUT2D eigenvalue weighted by Gasteiger charge is -2.27. The molecule has 182 valence electrons. The summed E-state index contributed by atoms with van der Waals surface area (Å²) in [4.78, 5) is 13.8. The lowest BCUT2D eigenvalue weighted by atomic mass is 9.81. The van der Waals surface area contributed by atoms with E-state index in [-0.39, 0.29) is 4.75 Å². The van der Waals surface area contributed by atoms with Crippen LogP contribution in [0.15, 0.2) is 47.4 Å². The van der Waals surface area contributed by atoms with Crippen LogP contribution in [0.1, 0.15) is 83.0 Å². The molecule has 0 aliphatic heterocycles. The smallest absolute Gasteiger partial charge is 0.310 e. The summed E-state index contributed by atoms with van der Waals surface area (Å²) < 4.78 is 2.38. The molecule has 0 atom stereocenters. The Hall–Kier alpha value is -1.91. The van der Waals surface area contributed by atoms with Crippen molar-refractivity contribution in [2.45, 2.75) is 88.8 Å². The Bertz CT molecular complexity index is 1180. The summed E-state index contributed by atoms with van der Waals surface area (Å²) in [7, 11) is 0. The van der Waals surface area contributed by atoms with Gasteiger partial charge in [-0.25, -0.2) is 0 Å². The third-order valence-electron chi connectivity index (χ3n) is 6.99. The average molecular weight is 498 g/mol. The van der Waals surface area contributed by atoms with Crippen molar-refractivity contribution in [3.63, 3.8) is 0 Å². The molecule has 1 aliphatic rings. The van der Waals surface area contributed by atoms with Gasteiger partial charge >= 0.3 is 5.97 Å². The summed E-state index contributed by atoms with van der Waals surface area (Å²) in [6.45, 7) is 11.9. The number of carboxylic acids is 1. The Labute approximate surface area is 212 Å². The molecular formula is C29H36ClNO2S. The summed E-state index contributed by atoms with van der Waals surface area (Å²) in [5.74, 6) is -0.219. The zero-order valence-corrected chi connectivity index (χ0v) is 22.5. The molecule has 5 heteroatoms. The Balaban J connectivity index is 1.96. The van der Waals surface area contributed by atoms with E-state index in [2.05, 4.69) is 69.5 Å². The van der Waals surface area contributed by atoms with Crippen LogP contribution in [0, 0.1) is 5.41 Å². The van der Waals surface area contributed by atoms with Crippen LogP contribution >= 0.6 is 23.4 Å². The highest BCUT2D eigenvalue weighted by Gasteiger charge is 2.43. The molecule has 0 saturated heterocycles. The minimum Gasteiger partial charge on any atom is -0.481 e. The molecule has 0 unspecified atom stereocenters. The SMILES string of the molecule is CC(C)c1ccc2c(c1)c(SC(C)(C)C)c(CC1(C(=O)O)CCCC1)n2Cc1ccc(Cl)cc1. The second kappa shape index (κ2) is 9.62. The zero-order chi connectivity index (χ0) is 24.7. The summed E-state index contributed by atoms with van der Waals surface area (Å²) >= 11 is 8.03. The van der Waals surface area contributed by atoms with Crippen molar-refractivity contribution in [3.8, 4) is 0 Å². The van der Waals surface area contributed by atoms with Crippen molar-refractivity contribution in [2.75, 3.05) is 0 Å². The van der Waals surface area contributed by atoms with Crippen LogP contribution in [0.4, 0.5) is 0 Å². The average Bonchev–Trinajstić information content (AvgIpc) is 3.34. The molecule has 0 spiro atoms. The summed E-state index contributed by atoms with van der Waals surface area (Å²) in [6.07, 6.45) is 4.05. The van der Waals surface area contributed by atoms with Gasteiger partial charge in [0.1, 0.15) is 0 Å². The Kier molecular flexibility index (Phi) is 7.13. The number of benzene rings is 2. The summed E-state index contributed by atoms with van der Waals surface area (Å²) in [5.41, 5.74) is 4.14. The molecule has 34 heavy (non-hydrogen) atoms. The Morgan fingerprint density at radius 3 is 2.32 bits per heavy atom. The van der Waals surface area contributed by atoms with Gasteiger partial charge in [-0.1, -0.05) is 77.3 Å². The third kappa shape index (κ3) is 5.18. The maximum Gasteiger partial charge on any atom is 0.310 e. The van der Waals surface area contributed by atoms with Crippen molar-refractivity contribution in [1.82, 2.24) is 4.57 Å². The maximum atomic E-state index is 12.6. The topological polar surface area (TPSA) is 42.2 Å². The van der Waals surface area contributed by atoms with Gasteiger partial charge in [0.15, 0.2) is 0 Å². The van der Waals surface area contributed by atoms with E-state index in [1.165, 1.54) is 26.9 Å². The minimum absolute atomic E-state index is 0.00797. The van der Waals surface area contributed by atoms with Gasteiger partial charge < -0.3 is 9.67 Å². The number of hydrogen-bond acceptors (Lipinski definition) is 2. The molecule has 2 aromatic carbocycles. The van der Waals surface area contributed by atoms with E-state index in [0.717, 1.165) is 36.4 Å². The largest absolute Gasteiger partial charge is 0.481 e. The first-order chi connectivity index (χ1) is 16.0. The second-order valence-corrected chi connectivity index (χ2v) is 13.4. The van der Waals surface area contributed by atoms with Crippen molar-refractivity contribution < 1.29 is 9.90 Å². The molecule has 3 aromatic rings. The molecular weight excluding hydrogens is 462 g/mol. The van der Waals surface area contributed by atoms with Gasteiger partial charge in [-0.3, -0.25) is 4.79 Å². The number of carbonyl (C=O) groups is 1. The first kappa shape index (κ1) is 25.2. The number of aromatic nitrogens is 1. The maximum absolute atomic E-state index is 12.6. The summed E-state index contributed by atoms with van der Waals surface area (Å²) in [6, 6.07) is 14.8. The number of fused-ring (bicyclic) bond motifs is 1. The van der Waals surface area contributed by atoms with Gasteiger partial charge in [-0.15, -0.1) is 11.8 Å². The Morgan fingerprint density at radius 1 is 1.12 bits per heavy atom. The monoisotopic (exact) mass is 497 g/mol. The molecule has 1 aliphatic carbocycles. The molecule has 0 bridgehead atoms. The molecule has 1 heterocycles. The van der Waals surface area contributed by atoms with Crippen LogP contribution in [0.3, 0.4) is 0 Å². The van der Waals surface area contributed by atoms with E-state index in [1.807, 2.05) is 23.9 Å². The molecule has 3 nitrogen and oxygen atoms in total. The number of rotatable bonds is 7. The fourth-order valence-electron chi connectivity index (χ4n) is 5.14.